The van der Waals surface area contributed by atoms with E-state index in [-0.39, 0.29) is 5.95 Å². The number of aryl methyl sites for hydroxylation is 2. The molecule has 6 nitrogen and oxygen atoms in total. The van der Waals surface area contributed by atoms with Crippen molar-refractivity contribution < 1.29 is 4.79 Å². The van der Waals surface area contributed by atoms with Crippen molar-refractivity contribution in [2.75, 3.05) is 5.73 Å². The van der Waals surface area contributed by atoms with Gasteiger partial charge in [-0.15, -0.1) is 0 Å². The summed E-state index contributed by atoms with van der Waals surface area (Å²) < 4.78 is 0. The first kappa shape index (κ1) is 14.0. The maximum Gasteiger partial charge on any atom is 0.268 e. The van der Waals surface area contributed by atoms with Crippen LogP contribution in [0.4, 0.5) is 5.95 Å². The zero-order chi connectivity index (χ0) is 14.7. The van der Waals surface area contributed by atoms with Gasteiger partial charge < -0.3 is 5.73 Å². The molecule has 5 N–H and O–H groups in total. The van der Waals surface area contributed by atoms with Crippen LogP contribution in [0.2, 0.25) is 0 Å². The van der Waals surface area contributed by atoms with Crippen molar-refractivity contribution in [3.8, 4) is 0 Å². The fourth-order valence-electron chi connectivity index (χ4n) is 2.14. The number of hydrogen-bond donors (Lipinski definition) is 3. The number of nitrogens with one attached hydrogen (secondary N) is 1. The molecule has 2 aromatic rings. The summed E-state index contributed by atoms with van der Waals surface area (Å²) in [6, 6.07) is 7.91. The van der Waals surface area contributed by atoms with Gasteiger partial charge in [-0.2, -0.15) is 0 Å². The molecule has 0 aliphatic rings. The highest BCUT2D eigenvalue weighted by Gasteiger charge is 2.18. The number of carbonyl (C=O) groups excluding carboxylic acids is 1. The van der Waals surface area contributed by atoms with Crippen LogP contribution in [0.1, 0.15) is 32.9 Å². The summed E-state index contributed by atoms with van der Waals surface area (Å²) in [5.74, 6) is 4.96. The van der Waals surface area contributed by atoms with Crippen LogP contribution in [0.25, 0.3) is 0 Å². The molecule has 0 saturated heterocycles. The van der Waals surface area contributed by atoms with Crippen molar-refractivity contribution in [1.29, 1.82) is 0 Å². The molecular formula is C14H17N5O. The number of benzene rings is 1. The zero-order valence-corrected chi connectivity index (χ0v) is 11.5. The Kier molecular flexibility index (Phi) is 3.95. The third-order valence-electron chi connectivity index (χ3n) is 3.16. The predicted octanol–water partition coefficient (Wildman–Crippen LogP) is 0.870. The summed E-state index contributed by atoms with van der Waals surface area (Å²) in [5, 5.41) is 0. The first-order valence-electron chi connectivity index (χ1n) is 6.21. The standard InChI is InChI=1S/C14H17N5O/c1-8-5-3-4-6-10(8)7-11-12(13(20)19-16)9(2)17-14(15)18-11/h3-6H,7,16H2,1-2H3,(H,19,20)(H2,15,17,18). The molecule has 1 aromatic carbocycles. The lowest BCUT2D eigenvalue weighted by Crippen LogP contribution is -2.32. The van der Waals surface area contributed by atoms with Gasteiger partial charge >= 0.3 is 0 Å². The minimum Gasteiger partial charge on any atom is -0.368 e. The fraction of sp³-hybridized carbons (Fsp3) is 0.214. The first-order valence-corrected chi connectivity index (χ1v) is 6.21. The van der Waals surface area contributed by atoms with E-state index in [2.05, 4.69) is 15.4 Å². The number of hydrogen-bond acceptors (Lipinski definition) is 5. The minimum absolute atomic E-state index is 0.152. The fourth-order valence-corrected chi connectivity index (χ4v) is 2.14. The van der Waals surface area contributed by atoms with Crippen LogP contribution in [0, 0.1) is 13.8 Å². The number of nitrogens with zero attached hydrogens (tertiary/aromatic N) is 2. The summed E-state index contributed by atoms with van der Waals surface area (Å²) in [6.45, 7) is 3.72. The van der Waals surface area contributed by atoms with Crippen molar-refractivity contribution in [1.82, 2.24) is 15.4 Å². The second-order valence-electron chi connectivity index (χ2n) is 4.57. The predicted molar refractivity (Wildman–Crippen MR) is 76.8 cm³/mol. The van der Waals surface area contributed by atoms with Crippen LogP contribution in [0.5, 0.6) is 0 Å². The van der Waals surface area contributed by atoms with Gasteiger partial charge in [-0.25, -0.2) is 15.8 Å². The molecule has 0 atom stereocenters. The number of carbonyl (C=O) groups is 1. The number of nitrogens with two attached hydrogens (primary N) is 2. The lowest BCUT2D eigenvalue weighted by atomic mass is 10.00. The van der Waals surface area contributed by atoms with Crippen LogP contribution in [-0.4, -0.2) is 15.9 Å². The van der Waals surface area contributed by atoms with Gasteiger partial charge in [0.1, 0.15) is 0 Å². The number of aromatic nitrogens is 2. The van der Waals surface area contributed by atoms with Crippen LogP contribution in [0.3, 0.4) is 0 Å². The molecule has 0 fully saturated rings. The topological polar surface area (TPSA) is 107 Å². The Morgan fingerprint density at radius 1 is 1.25 bits per heavy atom. The molecule has 20 heavy (non-hydrogen) atoms. The maximum atomic E-state index is 11.9. The largest absolute Gasteiger partial charge is 0.368 e. The lowest BCUT2D eigenvalue weighted by Gasteiger charge is -2.12. The molecule has 0 spiro atoms. The van der Waals surface area contributed by atoms with E-state index in [4.69, 9.17) is 11.6 Å². The molecule has 1 heterocycles. The Morgan fingerprint density at radius 2 is 1.95 bits per heavy atom. The molecule has 1 aromatic heterocycles. The highest BCUT2D eigenvalue weighted by Crippen LogP contribution is 2.18. The van der Waals surface area contributed by atoms with E-state index in [1.807, 2.05) is 31.2 Å². The van der Waals surface area contributed by atoms with Crippen molar-refractivity contribution in [3.05, 3.63) is 52.3 Å². The summed E-state index contributed by atoms with van der Waals surface area (Å²) in [4.78, 5) is 20.1. The van der Waals surface area contributed by atoms with Crippen molar-refractivity contribution >= 4 is 11.9 Å². The van der Waals surface area contributed by atoms with Gasteiger partial charge in [0.15, 0.2) is 0 Å². The molecule has 1 amide bonds. The van der Waals surface area contributed by atoms with E-state index < -0.39 is 5.91 Å². The second-order valence-corrected chi connectivity index (χ2v) is 4.57. The van der Waals surface area contributed by atoms with E-state index in [1.54, 1.807) is 6.92 Å². The van der Waals surface area contributed by atoms with Gasteiger partial charge in [0.05, 0.1) is 17.0 Å². The monoisotopic (exact) mass is 271 g/mol. The minimum atomic E-state index is -0.411. The SMILES string of the molecule is Cc1ccccc1Cc1nc(N)nc(C)c1C(=O)NN. The number of anilines is 1. The Hall–Kier alpha value is -2.47. The zero-order valence-electron chi connectivity index (χ0n) is 11.5. The molecule has 0 aliphatic heterocycles. The Bertz CT molecular complexity index is 654. The Balaban J connectivity index is 2.50. The molecule has 2 rings (SSSR count). The first-order chi connectivity index (χ1) is 9.52. The van der Waals surface area contributed by atoms with Gasteiger partial charge in [-0.1, -0.05) is 24.3 Å². The Labute approximate surface area is 117 Å². The van der Waals surface area contributed by atoms with E-state index in [0.717, 1.165) is 11.1 Å². The van der Waals surface area contributed by atoms with Gasteiger partial charge in [0, 0.05) is 6.42 Å². The third-order valence-corrected chi connectivity index (χ3v) is 3.16. The van der Waals surface area contributed by atoms with E-state index in [1.165, 1.54) is 0 Å². The van der Waals surface area contributed by atoms with Crippen molar-refractivity contribution in [2.24, 2.45) is 5.84 Å². The highest BCUT2D eigenvalue weighted by atomic mass is 16.2. The molecule has 0 saturated carbocycles. The van der Waals surface area contributed by atoms with Gasteiger partial charge in [0.2, 0.25) is 5.95 Å². The van der Waals surface area contributed by atoms with Crippen LogP contribution < -0.4 is 17.0 Å². The third kappa shape index (κ3) is 2.75. The van der Waals surface area contributed by atoms with Gasteiger partial charge in [0.25, 0.3) is 5.91 Å². The van der Waals surface area contributed by atoms with Crippen LogP contribution >= 0.6 is 0 Å². The summed E-state index contributed by atoms with van der Waals surface area (Å²) in [7, 11) is 0. The smallest absolute Gasteiger partial charge is 0.268 e. The van der Waals surface area contributed by atoms with E-state index in [0.29, 0.717) is 23.4 Å². The van der Waals surface area contributed by atoms with Crippen molar-refractivity contribution in [3.63, 3.8) is 0 Å². The molecular weight excluding hydrogens is 254 g/mol. The second kappa shape index (κ2) is 5.66. The molecule has 0 unspecified atom stereocenters. The summed E-state index contributed by atoms with van der Waals surface area (Å²) in [6.07, 6.45) is 0.503. The summed E-state index contributed by atoms with van der Waals surface area (Å²) in [5.41, 5.74) is 11.5. The molecule has 0 bridgehead atoms. The molecule has 0 radical (unpaired) electrons. The quantitative estimate of drug-likeness (QED) is 0.436. The van der Waals surface area contributed by atoms with Crippen LogP contribution in [0.15, 0.2) is 24.3 Å². The normalized spacial score (nSPS) is 10.3. The van der Waals surface area contributed by atoms with Crippen molar-refractivity contribution in [2.45, 2.75) is 20.3 Å². The van der Waals surface area contributed by atoms with Gasteiger partial charge in [-0.3, -0.25) is 10.2 Å². The van der Waals surface area contributed by atoms with E-state index in [9.17, 15) is 4.79 Å². The van der Waals surface area contributed by atoms with E-state index >= 15 is 0 Å². The number of amides is 1. The molecule has 104 valence electrons. The Morgan fingerprint density at radius 3 is 2.60 bits per heavy atom. The number of hydrazine groups is 1. The number of rotatable bonds is 3. The van der Waals surface area contributed by atoms with Crippen LogP contribution in [-0.2, 0) is 6.42 Å². The average Bonchev–Trinajstić information content (AvgIpc) is 2.40. The van der Waals surface area contributed by atoms with Gasteiger partial charge in [-0.05, 0) is 25.0 Å². The number of nitrogen functional groups attached to an aromatic ring is 2. The molecule has 6 heteroatoms. The average molecular weight is 271 g/mol. The maximum absolute atomic E-state index is 11.9. The lowest BCUT2D eigenvalue weighted by molar-refractivity contribution is 0.0951. The summed E-state index contributed by atoms with van der Waals surface area (Å²) >= 11 is 0. The highest BCUT2D eigenvalue weighted by molar-refractivity contribution is 5.96. The molecule has 0 aliphatic carbocycles.